The number of hydrogen-bond acceptors (Lipinski definition) is 6. The van der Waals surface area contributed by atoms with Gasteiger partial charge in [0.15, 0.2) is 0 Å². The fourth-order valence-electron chi connectivity index (χ4n) is 3.37. The Morgan fingerprint density at radius 1 is 0.828 bits per heavy atom. The van der Waals surface area contributed by atoms with Gasteiger partial charge in [-0.05, 0) is 23.8 Å². The first-order chi connectivity index (χ1) is 13.9. The number of nitrogens with zero attached hydrogens (tertiary/aromatic N) is 1. The lowest BCUT2D eigenvalue weighted by Gasteiger charge is -2.06. The third-order valence-electron chi connectivity index (χ3n) is 4.51. The van der Waals surface area contributed by atoms with Crippen LogP contribution >= 0.6 is 0 Å². The smallest absolute Gasteiger partial charge is 0.497 e. The molecule has 3 aromatic heterocycles. The second-order valence-electron chi connectivity index (χ2n) is 6.07. The maximum atomic E-state index is 11.3. The Morgan fingerprint density at radius 2 is 1.45 bits per heavy atom. The molecule has 2 N–H and O–H groups in total. The van der Waals surface area contributed by atoms with Gasteiger partial charge in [0, 0.05) is 17.7 Å². The average molecular weight is 397 g/mol. The van der Waals surface area contributed by atoms with E-state index < -0.39 is 12.3 Å². The maximum absolute atomic E-state index is 11.3. The predicted octanol–water partition coefficient (Wildman–Crippen LogP) is 4.33. The molecule has 29 heavy (non-hydrogen) atoms. The molecular weight excluding hydrogens is 382 g/mol. The number of aromatic nitrogens is 1. The molecule has 3 heterocycles. The van der Waals surface area contributed by atoms with E-state index in [9.17, 15) is 14.7 Å². The van der Waals surface area contributed by atoms with Crippen molar-refractivity contribution < 1.29 is 38.7 Å². The zero-order valence-electron chi connectivity index (χ0n) is 15.3. The van der Waals surface area contributed by atoms with Gasteiger partial charge in [-0.1, -0.05) is 12.1 Å². The van der Waals surface area contributed by atoms with Crippen LogP contribution in [-0.4, -0.2) is 41.1 Å². The fourth-order valence-corrected chi connectivity index (χ4v) is 3.37. The lowest BCUT2D eigenvalue weighted by molar-refractivity contribution is 0.134. The summed E-state index contributed by atoms with van der Waals surface area (Å²) in [4.78, 5) is 22.6. The molecule has 0 fully saturated rings. The highest BCUT2D eigenvalue weighted by Crippen LogP contribution is 2.48. The van der Waals surface area contributed by atoms with E-state index in [1.54, 1.807) is 47.9 Å². The van der Waals surface area contributed by atoms with Gasteiger partial charge in [0.05, 0.1) is 25.3 Å². The summed E-state index contributed by atoms with van der Waals surface area (Å²) in [7, 11) is 3.02. The molecule has 1 aromatic carbocycles. The molecule has 0 spiro atoms. The van der Waals surface area contributed by atoms with Crippen LogP contribution < -0.4 is 18.9 Å². The first-order valence-electron chi connectivity index (χ1n) is 8.37. The minimum Gasteiger partial charge on any atom is -0.497 e. The zero-order valence-corrected chi connectivity index (χ0v) is 15.3. The van der Waals surface area contributed by atoms with Gasteiger partial charge in [-0.2, -0.15) is 0 Å². The van der Waals surface area contributed by atoms with Crippen LogP contribution in [0.25, 0.3) is 27.7 Å². The number of pyridine rings is 1. The van der Waals surface area contributed by atoms with Gasteiger partial charge >= 0.3 is 12.3 Å². The summed E-state index contributed by atoms with van der Waals surface area (Å²) < 4.78 is 22.0. The average Bonchev–Trinajstić information content (AvgIpc) is 3.21. The third kappa shape index (κ3) is 2.98. The largest absolute Gasteiger partial charge is 0.511 e. The Morgan fingerprint density at radius 3 is 2.03 bits per heavy atom. The Balaban J connectivity index is 2.09. The first-order valence-corrected chi connectivity index (χ1v) is 8.37. The van der Waals surface area contributed by atoms with Crippen LogP contribution in [0.2, 0.25) is 0 Å². The lowest BCUT2D eigenvalue weighted by atomic mass is 10.1. The van der Waals surface area contributed by atoms with Crippen LogP contribution in [0.5, 0.6) is 23.0 Å². The minimum absolute atomic E-state index is 0.214. The standard InChI is InChI=1S/C20H15NO8/c1-26-12-5-3-10(4-6-12)14-8-11-7-13(27-2)9-15-17(28-19(22)23)18(29-20(24)25)16(14)21(11)15/h3-9H,1-2H3,(H,22,23)(H,24,25). The van der Waals surface area contributed by atoms with E-state index in [-0.39, 0.29) is 11.5 Å². The zero-order chi connectivity index (χ0) is 20.7. The number of ether oxygens (including phenoxy) is 4. The molecule has 4 rings (SSSR count). The first kappa shape index (κ1) is 18.2. The highest BCUT2D eigenvalue weighted by molar-refractivity contribution is 6.01. The quantitative estimate of drug-likeness (QED) is 0.478. The number of carboxylic acid groups (broad SMARTS) is 2. The SMILES string of the molecule is COc1ccc(-c2cc3cc(OC)cc4c(OC(=O)O)c(OC(=O)O)c2n34)cc1. The van der Waals surface area contributed by atoms with Crippen LogP contribution in [0.4, 0.5) is 9.59 Å². The molecule has 0 aliphatic heterocycles. The second kappa shape index (κ2) is 6.79. The Kier molecular flexibility index (Phi) is 4.27. The van der Waals surface area contributed by atoms with E-state index in [0.29, 0.717) is 33.6 Å². The van der Waals surface area contributed by atoms with E-state index in [1.165, 1.54) is 7.11 Å². The van der Waals surface area contributed by atoms with Crippen molar-refractivity contribution >= 4 is 28.9 Å². The highest BCUT2D eigenvalue weighted by atomic mass is 16.7. The summed E-state index contributed by atoms with van der Waals surface area (Å²) in [5.74, 6) is 0.660. The van der Waals surface area contributed by atoms with E-state index in [0.717, 1.165) is 5.56 Å². The molecule has 0 aliphatic carbocycles. The van der Waals surface area contributed by atoms with Crippen molar-refractivity contribution in [3.8, 4) is 34.1 Å². The normalized spacial score (nSPS) is 11.0. The number of methoxy groups -OCH3 is 2. The van der Waals surface area contributed by atoms with Crippen molar-refractivity contribution in [3.63, 3.8) is 0 Å². The monoisotopic (exact) mass is 397 g/mol. The van der Waals surface area contributed by atoms with E-state index in [4.69, 9.17) is 24.1 Å². The van der Waals surface area contributed by atoms with Gasteiger partial charge in [0.2, 0.25) is 11.5 Å². The molecule has 0 radical (unpaired) electrons. The van der Waals surface area contributed by atoms with Crippen LogP contribution in [-0.2, 0) is 0 Å². The van der Waals surface area contributed by atoms with Crippen molar-refractivity contribution in [3.05, 3.63) is 42.5 Å². The summed E-state index contributed by atoms with van der Waals surface area (Å²) in [6, 6.07) is 12.2. The van der Waals surface area contributed by atoms with Gasteiger partial charge in [-0.15, -0.1) is 0 Å². The van der Waals surface area contributed by atoms with Crippen molar-refractivity contribution in [2.24, 2.45) is 0 Å². The molecule has 0 atom stereocenters. The Hall–Kier alpha value is -4.14. The van der Waals surface area contributed by atoms with Crippen LogP contribution in [0, 0.1) is 0 Å². The van der Waals surface area contributed by atoms with Crippen LogP contribution in [0.15, 0.2) is 42.5 Å². The van der Waals surface area contributed by atoms with Crippen molar-refractivity contribution in [2.75, 3.05) is 14.2 Å². The molecule has 0 saturated heterocycles. The van der Waals surface area contributed by atoms with Gasteiger partial charge < -0.3 is 33.6 Å². The fraction of sp³-hybridized carbons (Fsp3) is 0.100. The molecule has 0 unspecified atom stereocenters. The maximum Gasteiger partial charge on any atom is 0.511 e. The summed E-state index contributed by atoms with van der Waals surface area (Å²) in [5, 5.41) is 18.4. The molecule has 0 aliphatic rings. The van der Waals surface area contributed by atoms with Gasteiger partial charge in [-0.3, -0.25) is 0 Å². The van der Waals surface area contributed by atoms with Crippen LogP contribution in [0.3, 0.4) is 0 Å². The van der Waals surface area contributed by atoms with Crippen molar-refractivity contribution in [1.82, 2.24) is 4.40 Å². The van der Waals surface area contributed by atoms with Gasteiger partial charge in [-0.25, -0.2) is 9.59 Å². The Bertz CT molecular complexity index is 1230. The lowest BCUT2D eigenvalue weighted by Crippen LogP contribution is -2.07. The van der Waals surface area contributed by atoms with Crippen LogP contribution in [0.1, 0.15) is 0 Å². The number of rotatable bonds is 5. The van der Waals surface area contributed by atoms with Gasteiger partial charge in [0.25, 0.3) is 0 Å². The molecule has 9 heteroatoms. The molecule has 0 bridgehead atoms. The Labute approximate surface area is 163 Å². The summed E-state index contributed by atoms with van der Waals surface area (Å²) in [5.41, 5.74) is 2.68. The number of hydrogen-bond donors (Lipinski definition) is 2. The molecule has 4 aromatic rings. The van der Waals surface area contributed by atoms with E-state index in [2.05, 4.69) is 0 Å². The molecule has 148 valence electrons. The predicted molar refractivity (Wildman–Crippen MR) is 102 cm³/mol. The molecule has 0 saturated carbocycles. The summed E-state index contributed by atoms with van der Waals surface area (Å²) >= 11 is 0. The third-order valence-corrected chi connectivity index (χ3v) is 4.51. The van der Waals surface area contributed by atoms with Crippen molar-refractivity contribution in [2.45, 2.75) is 0 Å². The molecule has 9 nitrogen and oxygen atoms in total. The second-order valence-corrected chi connectivity index (χ2v) is 6.07. The molecule has 0 amide bonds. The summed E-state index contributed by atoms with van der Waals surface area (Å²) in [6.07, 6.45) is -3.19. The topological polar surface area (TPSA) is 116 Å². The summed E-state index contributed by atoms with van der Waals surface area (Å²) in [6.45, 7) is 0. The minimum atomic E-state index is -1.60. The van der Waals surface area contributed by atoms with E-state index >= 15 is 0 Å². The number of benzene rings is 1. The van der Waals surface area contributed by atoms with E-state index in [1.807, 2.05) is 6.07 Å². The number of carbonyl (C=O) groups is 2. The van der Waals surface area contributed by atoms with Gasteiger partial charge in [0.1, 0.15) is 17.0 Å². The highest BCUT2D eigenvalue weighted by Gasteiger charge is 2.28. The van der Waals surface area contributed by atoms with Crippen molar-refractivity contribution in [1.29, 1.82) is 0 Å². The molecular formula is C20H15NO8.